The van der Waals surface area contributed by atoms with Crippen molar-refractivity contribution in [2.75, 3.05) is 13.1 Å². The molecule has 1 fully saturated rings. The van der Waals surface area contributed by atoms with Gasteiger partial charge in [0.1, 0.15) is 12.1 Å². The number of carboxylic acid groups (broad SMARTS) is 1. The highest BCUT2D eigenvalue weighted by Gasteiger charge is 2.39. The number of carbonyl (C=O) groups is 3. The van der Waals surface area contributed by atoms with Crippen molar-refractivity contribution in [3.05, 3.63) is 30.3 Å². The van der Waals surface area contributed by atoms with E-state index in [1.165, 1.54) is 17.0 Å². The molecule has 1 heterocycles. The van der Waals surface area contributed by atoms with Crippen LogP contribution in [0.5, 0.6) is 0 Å². The first-order chi connectivity index (χ1) is 15.4. The smallest absolute Gasteiger partial charge is 0.326 e. The average molecular weight is 483 g/mol. The summed E-state index contributed by atoms with van der Waals surface area (Å²) >= 11 is 0. The van der Waals surface area contributed by atoms with Gasteiger partial charge in [0, 0.05) is 13.1 Å². The average Bonchev–Trinajstić information content (AvgIpc) is 3.10. The summed E-state index contributed by atoms with van der Waals surface area (Å²) in [6, 6.07) is 4.95. The van der Waals surface area contributed by atoms with Crippen LogP contribution in [0.15, 0.2) is 35.2 Å². The monoisotopic (exact) mass is 482 g/mol. The van der Waals surface area contributed by atoms with Crippen LogP contribution in [-0.4, -0.2) is 67.5 Å². The fourth-order valence-electron chi connectivity index (χ4n) is 3.68. The second-order valence-electron chi connectivity index (χ2n) is 9.14. The van der Waals surface area contributed by atoms with Crippen molar-refractivity contribution >= 4 is 27.9 Å². The molecule has 3 amide bonds. The maximum absolute atomic E-state index is 13.0. The third kappa shape index (κ3) is 7.71. The maximum atomic E-state index is 13.0. The molecule has 2 rings (SSSR count). The van der Waals surface area contributed by atoms with Crippen molar-refractivity contribution in [2.24, 2.45) is 11.8 Å². The molecule has 1 saturated heterocycles. The van der Waals surface area contributed by atoms with Crippen LogP contribution >= 0.6 is 0 Å². The van der Waals surface area contributed by atoms with Crippen LogP contribution < -0.4 is 15.4 Å². The minimum Gasteiger partial charge on any atom is -0.480 e. The summed E-state index contributed by atoms with van der Waals surface area (Å²) in [6.07, 6.45) is 0.612. The molecule has 1 aromatic carbocycles. The van der Waals surface area contributed by atoms with Crippen molar-refractivity contribution in [3.63, 3.8) is 0 Å². The molecule has 0 unspecified atom stereocenters. The van der Waals surface area contributed by atoms with Crippen LogP contribution in [0.4, 0.5) is 4.79 Å². The summed E-state index contributed by atoms with van der Waals surface area (Å²) < 4.78 is 27.4. The van der Waals surface area contributed by atoms with Crippen LogP contribution in [0.3, 0.4) is 0 Å². The molecule has 1 aromatic rings. The van der Waals surface area contributed by atoms with Crippen molar-refractivity contribution in [2.45, 2.75) is 63.6 Å². The molecular weight excluding hydrogens is 448 g/mol. The standard InChI is InChI=1S/C22H34N4O6S/c1-14(2)10-18(21(28)29)25-20(27)19(11-15(3)4)26-13-16(24-22(26)30)12-23-33(31,32)17-8-6-5-7-9-17/h5-9,14-16,18-19,23H,10-13H2,1-4H3,(H,24,30)(H,25,27)(H,28,29)/t16-,18+,19+/m1/s1. The maximum Gasteiger partial charge on any atom is 0.326 e. The Morgan fingerprint density at radius 3 is 2.27 bits per heavy atom. The van der Waals surface area contributed by atoms with Gasteiger partial charge in [0.2, 0.25) is 15.9 Å². The van der Waals surface area contributed by atoms with Crippen LogP contribution in [0.25, 0.3) is 0 Å². The van der Waals surface area contributed by atoms with E-state index in [1.807, 2.05) is 27.7 Å². The molecule has 33 heavy (non-hydrogen) atoms. The van der Waals surface area contributed by atoms with Crippen LogP contribution in [0, 0.1) is 11.8 Å². The predicted molar refractivity (Wildman–Crippen MR) is 123 cm³/mol. The van der Waals surface area contributed by atoms with Gasteiger partial charge in [-0.05, 0) is 36.8 Å². The van der Waals surface area contributed by atoms with Crippen LogP contribution in [0.1, 0.15) is 40.5 Å². The lowest BCUT2D eigenvalue weighted by atomic mass is 9.99. The molecule has 0 aliphatic carbocycles. The molecule has 10 nitrogen and oxygen atoms in total. The number of sulfonamides is 1. The molecule has 4 N–H and O–H groups in total. The number of amides is 3. The first-order valence-electron chi connectivity index (χ1n) is 11.1. The normalized spacial score (nSPS) is 18.3. The molecule has 1 aliphatic rings. The summed E-state index contributed by atoms with van der Waals surface area (Å²) in [5.41, 5.74) is 0. The Bertz CT molecular complexity index is 935. The second-order valence-corrected chi connectivity index (χ2v) is 10.9. The van der Waals surface area contributed by atoms with Crippen LogP contribution in [0.2, 0.25) is 0 Å². The fourth-order valence-corrected chi connectivity index (χ4v) is 4.79. The lowest BCUT2D eigenvalue weighted by molar-refractivity contribution is -0.143. The number of urea groups is 1. The number of hydrogen-bond acceptors (Lipinski definition) is 5. The van der Waals surface area contributed by atoms with E-state index in [2.05, 4.69) is 15.4 Å². The molecule has 3 atom stereocenters. The number of rotatable bonds is 12. The quantitative estimate of drug-likeness (QED) is 0.354. The molecule has 184 valence electrons. The molecular formula is C22H34N4O6S. The van der Waals surface area contributed by atoms with Gasteiger partial charge in [-0.2, -0.15) is 0 Å². The SMILES string of the molecule is CC(C)C[C@H](NC(=O)[C@H](CC(C)C)N1C[C@@H](CNS(=O)(=O)c2ccccc2)NC1=O)C(=O)O. The molecule has 11 heteroatoms. The molecule has 0 bridgehead atoms. The minimum absolute atomic E-state index is 0.0411. The zero-order valence-corrected chi connectivity index (χ0v) is 20.3. The Labute approximate surface area is 195 Å². The van der Waals surface area contributed by atoms with Gasteiger partial charge in [0.15, 0.2) is 0 Å². The van der Waals surface area contributed by atoms with E-state index >= 15 is 0 Å². The number of aliphatic carboxylic acids is 1. The first-order valence-corrected chi connectivity index (χ1v) is 12.5. The van der Waals surface area contributed by atoms with Gasteiger partial charge in [0.25, 0.3) is 0 Å². The molecule has 1 aliphatic heterocycles. The highest BCUT2D eigenvalue weighted by molar-refractivity contribution is 7.89. The zero-order valence-electron chi connectivity index (χ0n) is 19.4. The van der Waals surface area contributed by atoms with Crippen LogP contribution in [-0.2, 0) is 19.6 Å². The molecule has 0 saturated carbocycles. The zero-order chi connectivity index (χ0) is 24.8. The summed E-state index contributed by atoms with van der Waals surface area (Å²) in [5, 5.41) is 14.7. The Kier molecular flexibility index (Phi) is 9.24. The van der Waals surface area contributed by atoms with Crippen molar-refractivity contribution < 1.29 is 27.9 Å². The van der Waals surface area contributed by atoms with Gasteiger partial charge < -0.3 is 20.6 Å². The highest BCUT2D eigenvalue weighted by atomic mass is 32.2. The van der Waals surface area contributed by atoms with Crippen molar-refractivity contribution in [1.29, 1.82) is 0 Å². The third-order valence-corrected chi connectivity index (χ3v) is 6.71. The Morgan fingerprint density at radius 1 is 1.12 bits per heavy atom. The Morgan fingerprint density at radius 2 is 1.73 bits per heavy atom. The highest BCUT2D eigenvalue weighted by Crippen LogP contribution is 2.18. The first kappa shape index (κ1) is 26.6. The summed E-state index contributed by atoms with van der Waals surface area (Å²) in [4.78, 5) is 38.7. The number of nitrogens with zero attached hydrogens (tertiary/aromatic N) is 1. The van der Waals surface area contributed by atoms with E-state index in [1.54, 1.807) is 18.2 Å². The van der Waals surface area contributed by atoms with Gasteiger partial charge in [-0.25, -0.2) is 22.7 Å². The van der Waals surface area contributed by atoms with Gasteiger partial charge in [-0.1, -0.05) is 45.9 Å². The largest absolute Gasteiger partial charge is 0.480 e. The number of carbonyl (C=O) groups excluding carboxylic acids is 2. The van der Waals surface area contributed by atoms with E-state index in [4.69, 9.17) is 0 Å². The number of nitrogens with one attached hydrogen (secondary N) is 3. The lowest BCUT2D eigenvalue weighted by Gasteiger charge is -2.29. The summed E-state index contributed by atoms with van der Waals surface area (Å²) in [6.45, 7) is 7.61. The Hall–Kier alpha value is -2.66. The molecule has 0 spiro atoms. The number of hydrogen-bond donors (Lipinski definition) is 4. The van der Waals surface area contributed by atoms with Gasteiger partial charge >= 0.3 is 12.0 Å². The lowest BCUT2D eigenvalue weighted by Crippen LogP contribution is -2.53. The summed E-state index contributed by atoms with van der Waals surface area (Å²) in [5.74, 6) is -1.53. The number of benzene rings is 1. The topological polar surface area (TPSA) is 145 Å². The van der Waals surface area contributed by atoms with E-state index in [-0.39, 0.29) is 36.2 Å². The van der Waals surface area contributed by atoms with Crippen molar-refractivity contribution in [1.82, 2.24) is 20.3 Å². The fraction of sp³-hybridized carbons (Fsp3) is 0.591. The predicted octanol–water partition coefficient (Wildman–Crippen LogP) is 1.39. The van der Waals surface area contributed by atoms with E-state index in [9.17, 15) is 27.9 Å². The van der Waals surface area contributed by atoms with E-state index < -0.39 is 46.1 Å². The molecule has 0 aromatic heterocycles. The number of carboxylic acids is 1. The van der Waals surface area contributed by atoms with Gasteiger partial charge in [-0.15, -0.1) is 0 Å². The van der Waals surface area contributed by atoms with Crippen molar-refractivity contribution in [3.8, 4) is 0 Å². The second kappa shape index (κ2) is 11.5. The van der Waals surface area contributed by atoms with Gasteiger partial charge in [0.05, 0.1) is 10.9 Å². The van der Waals surface area contributed by atoms with Gasteiger partial charge in [-0.3, -0.25) is 4.79 Å². The molecule has 0 radical (unpaired) electrons. The minimum atomic E-state index is -3.74. The summed E-state index contributed by atoms with van der Waals surface area (Å²) in [7, 11) is -3.74. The third-order valence-electron chi connectivity index (χ3n) is 5.27. The Balaban J connectivity index is 2.08. The van der Waals surface area contributed by atoms with E-state index in [0.717, 1.165) is 0 Å². The van der Waals surface area contributed by atoms with E-state index in [0.29, 0.717) is 6.42 Å².